The van der Waals surface area contributed by atoms with Gasteiger partial charge in [0, 0.05) is 23.2 Å². The van der Waals surface area contributed by atoms with Crippen LogP contribution in [0.25, 0.3) is 11.1 Å². The quantitative estimate of drug-likeness (QED) is 0.567. The number of aromatic hydroxyl groups is 1. The molecule has 1 fully saturated rings. The van der Waals surface area contributed by atoms with E-state index in [9.17, 15) is 9.90 Å². The maximum atomic E-state index is 12.8. The molecule has 0 spiro atoms. The Hall–Kier alpha value is -2.82. The molecule has 2 N–H and O–H groups in total. The second-order valence-corrected chi connectivity index (χ2v) is 8.23. The highest BCUT2D eigenvalue weighted by atomic mass is 35.5. The normalized spacial score (nSPS) is 15.1. The number of phenolic OH excluding ortho intramolecular Hbond substituents is 1. The first kappa shape index (κ1) is 20.5. The van der Waals surface area contributed by atoms with E-state index < -0.39 is 0 Å². The molecule has 1 aliphatic heterocycles. The van der Waals surface area contributed by atoms with Crippen molar-refractivity contribution in [1.82, 2.24) is 4.90 Å². The Labute approximate surface area is 182 Å². The van der Waals surface area contributed by atoms with Gasteiger partial charge in [0.2, 0.25) is 5.91 Å². The summed E-state index contributed by atoms with van der Waals surface area (Å²) in [5.74, 6) is 0.395. The Morgan fingerprint density at radius 3 is 2.33 bits per heavy atom. The van der Waals surface area contributed by atoms with Crippen LogP contribution >= 0.6 is 11.6 Å². The van der Waals surface area contributed by atoms with Gasteiger partial charge in [0.05, 0.1) is 0 Å². The van der Waals surface area contributed by atoms with Crippen molar-refractivity contribution in [2.24, 2.45) is 5.92 Å². The molecule has 1 amide bonds. The first-order valence-corrected chi connectivity index (χ1v) is 10.6. The van der Waals surface area contributed by atoms with Gasteiger partial charge >= 0.3 is 0 Å². The number of nitrogens with one attached hydrogen (secondary N) is 1. The van der Waals surface area contributed by atoms with Crippen molar-refractivity contribution in [3.8, 4) is 16.9 Å². The van der Waals surface area contributed by atoms with Gasteiger partial charge in [-0.15, -0.1) is 0 Å². The number of piperidine rings is 1. The van der Waals surface area contributed by atoms with Crippen LogP contribution in [0, 0.1) is 5.92 Å². The maximum Gasteiger partial charge on any atom is 0.227 e. The highest BCUT2D eigenvalue weighted by molar-refractivity contribution is 6.30. The van der Waals surface area contributed by atoms with E-state index in [4.69, 9.17) is 11.6 Å². The number of hydrogen-bond donors (Lipinski definition) is 2. The van der Waals surface area contributed by atoms with E-state index in [1.54, 1.807) is 12.1 Å². The number of hydrogen-bond acceptors (Lipinski definition) is 3. The molecular weight excluding hydrogens is 396 g/mol. The van der Waals surface area contributed by atoms with Crippen LogP contribution in [0.4, 0.5) is 5.69 Å². The van der Waals surface area contributed by atoms with E-state index in [1.165, 1.54) is 5.56 Å². The number of carbonyl (C=O) groups excluding carboxylic acids is 1. The fourth-order valence-corrected chi connectivity index (χ4v) is 4.09. The summed E-state index contributed by atoms with van der Waals surface area (Å²) < 4.78 is 0. The number of nitrogens with zero attached hydrogens (tertiary/aromatic N) is 1. The molecule has 1 aliphatic rings. The average molecular weight is 421 g/mol. The molecule has 4 nitrogen and oxygen atoms in total. The van der Waals surface area contributed by atoms with E-state index in [2.05, 4.69) is 10.2 Å². The third-order valence-corrected chi connectivity index (χ3v) is 5.82. The van der Waals surface area contributed by atoms with Gasteiger partial charge in [-0.25, -0.2) is 0 Å². The minimum atomic E-state index is 0.0240. The second-order valence-electron chi connectivity index (χ2n) is 7.80. The van der Waals surface area contributed by atoms with Gasteiger partial charge in [0.25, 0.3) is 0 Å². The number of anilines is 1. The van der Waals surface area contributed by atoms with Gasteiger partial charge in [-0.05, 0) is 79.0 Å². The van der Waals surface area contributed by atoms with E-state index >= 15 is 0 Å². The molecule has 0 aliphatic carbocycles. The van der Waals surface area contributed by atoms with Crippen molar-refractivity contribution in [1.29, 1.82) is 0 Å². The van der Waals surface area contributed by atoms with E-state index in [0.29, 0.717) is 5.02 Å². The second kappa shape index (κ2) is 9.33. The molecule has 0 bridgehead atoms. The third kappa shape index (κ3) is 5.21. The van der Waals surface area contributed by atoms with Crippen LogP contribution in [0.15, 0.2) is 72.8 Å². The van der Waals surface area contributed by atoms with E-state index in [0.717, 1.165) is 49.3 Å². The molecule has 30 heavy (non-hydrogen) atoms. The van der Waals surface area contributed by atoms with Crippen molar-refractivity contribution in [3.63, 3.8) is 0 Å². The SMILES string of the molecule is O=C(Nc1cccc(-c2cccc(Cl)c2)c1)C1CCN(Cc2ccc(O)cc2)CC1. The van der Waals surface area contributed by atoms with E-state index in [-0.39, 0.29) is 17.6 Å². The minimum absolute atomic E-state index is 0.0240. The zero-order valence-corrected chi connectivity index (χ0v) is 17.5. The van der Waals surface area contributed by atoms with Crippen molar-refractivity contribution < 1.29 is 9.90 Å². The predicted molar refractivity (Wildman–Crippen MR) is 122 cm³/mol. The number of phenols is 1. The molecule has 1 heterocycles. The van der Waals surface area contributed by atoms with Gasteiger partial charge in [0.15, 0.2) is 0 Å². The van der Waals surface area contributed by atoms with Crippen LogP contribution in [0.1, 0.15) is 18.4 Å². The van der Waals surface area contributed by atoms with Gasteiger partial charge in [-0.2, -0.15) is 0 Å². The molecule has 0 unspecified atom stereocenters. The fraction of sp³-hybridized carbons (Fsp3) is 0.240. The van der Waals surface area contributed by atoms with Crippen LogP contribution in [0.3, 0.4) is 0 Å². The van der Waals surface area contributed by atoms with Gasteiger partial charge < -0.3 is 10.4 Å². The Morgan fingerprint density at radius 1 is 0.967 bits per heavy atom. The molecular formula is C25H25ClN2O2. The number of amides is 1. The largest absolute Gasteiger partial charge is 0.508 e. The fourth-order valence-electron chi connectivity index (χ4n) is 3.90. The van der Waals surface area contributed by atoms with Crippen molar-refractivity contribution in [3.05, 3.63) is 83.4 Å². The lowest BCUT2D eigenvalue weighted by molar-refractivity contribution is -0.121. The maximum absolute atomic E-state index is 12.8. The van der Waals surface area contributed by atoms with Crippen LogP contribution in [-0.2, 0) is 11.3 Å². The molecule has 154 valence electrons. The van der Waals surface area contributed by atoms with Crippen molar-refractivity contribution in [2.75, 3.05) is 18.4 Å². The molecule has 1 saturated heterocycles. The third-order valence-electron chi connectivity index (χ3n) is 5.59. The van der Waals surface area contributed by atoms with Crippen molar-refractivity contribution >= 4 is 23.2 Å². The molecule has 3 aromatic carbocycles. The topological polar surface area (TPSA) is 52.6 Å². The lowest BCUT2D eigenvalue weighted by Gasteiger charge is -2.31. The minimum Gasteiger partial charge on any atom is -0.508 e. The standard InChI is InChI=1S/C25H25ClN2O2/c26-22-5-1-3-20(15-22)21-4-2-6-23(16-21)27-25(30)19-11-13-28(14-12-19)17-18-7-9-24(29)10-8-18/h1-10,15-16,19,29H,11-14,17H2,(H,27,30). The molecule has 0 radical (unpaired) electrons. The van der Waals surface area contributed by atoms with Gasteiger partial charge in [-0.1, -0.05) is 48.0 Å². The van der Waals surface area contributed by atoms with Crippen molar-refractivity contribution in [2.45, 2.75) is 19.4 Å². The highest BCUT2D eigenvalue weighted by Gasteiger charge is 2.25. The zero-order chi connectivity index (χ0) is 20.9. The Bertz CT molecular complexity index is 1010. The monoisotopic (exact) mass is 420 g/mol. The van der Waals surface area contributed by atoms with Gasteiger partial charge in [-0.3, -0.25) is 9.69 Å². The number of likely N-dealkylation sites (tertiary alicyclic amines) is 1. The number of rotatable bonds is 5. The predicted octanol–water partition coefficient (Wildman–Crippen LogP) is 5.56. The number of benzene rings is 3. The first-order valence-electron chi connectivity index (χ1n) is 10.2. The summed E-state index contributed by atoms with van der Waals surface area (Å²) in [6.07, 6.45) is 1.69. The smallest absolute Gasteiger partial charge is 0.227 e. The molecule has 0 saturated carbocycles. The Kier molecular flexibility index (Phi) is 6.36. The lowest BCUT2D eigenvalue weighted by Crippen LogP contribution is -2.37. The lowest BCUT2D eigenvalue weighted by atomic mass is 9.95. The molecule has 4 rings (SSSR count). The summed E-state index contributed by atoms with van der Waals surface area (Å²) in [4.78, 5) is 15.2. The molecule has 0 atom stereocenters. The average Bonchev–Trinajstić information content (AvgIpc) is 2.76. The summed E-state index contributed by atoms with van der Waals surface area (Å²) in [6, 6.07) is 22.9. The Balaban J connectivity index is 1.33. The number of carbonyl (C=O) groups is 1. The summed E-state index contributed by atoms with van der Waals surface area (Å²) in [7, 11) is 0. The zero-order valence-electron chi connectivity index (χ0n) is 16.7. The first-order chi connectivity index (χ1) is 14.6. The molecule has 5 heteroatoms. The summed E-state index contributed by atoms with van der Waals surface area (Å²) in [6.45, 7) is 2.62. The van der Waals surface area contributed by atoms with Crippen LogP contribution in [0.2, 0.25) is 5.02 Å². The summed E-state index contributed by atoms with van der Waals surface area (Å²) >= 11 is 6.11. The van der Waals surface area contributed by atoms with Crippen LogP contribution < -0.4 is 5.32 Å². The van der Waals surface area contributed by atoms with Gasteiger partial charge in [0.1, 0.15) is 5.75 Å². The Morgan fingerprint density at radius 2 is 1.63 bits per heavy atom. The van der Waals surface area contributed by atoms with E-state index in [1.807, 2.05) is 60.7 Å². The van der Waals surface area contributed by atoms with Crippen LogP contribution in [0.5, 0.6) is 5.75 Å². The van der Waals surface area contributed by atoms with Crippen LogP contribution in [-0.4, -0.2) is 29.0 Å². The summed E-state index contributed by atoms with van der Waals surface area (Å²) in [5, 5.41) is 13.2. The molecule has 3 aromatic rings. The summed E-state index contributed by atoms with van der Waals surface area (Å²) in [5.41, 5.74) is 4.04. The molecule has 0 aromatic heterocycles. The number of halogens is 1. The highest BCUT2D eigenvalue weighted by Crippen LogP contribution is 2.26.